The number of nitrogens with zero attached hydrogens (tertiary/aromatic N) is 2. The van der Waals surface area contributed by atoms with Gasteiger partial charge < -0.3 is 14.6 Å². The summed E-state index contributed by atoms with van der Waals surface area (Å²) < 4.78 is 5.48. The highest BCUT2D eigenvalue weighted by Gasteiger charge is 2.35. The van der Waals surface area contributed by atoms with Gasteiger partial charge in [0.05, 0.1) is 5.92 Å². The van der Waals surface area contributed by atoms with Gasteiger partial charge in [-0.1, -0.05) is 26.0 Å². The van der Waals surface area contributed by atoms with Crippen molar-refractivity contribution in [2.45, 2.75) is 33.1 Å². The first-order valence-electron chi connectivity index (χ1n) is 9.49. The van der Waals surface area contributed by atoms with Gasteiger partial charge in [-0.05, 0) is 41.8 Å². The smallest absolute Gasteiger partial charge is 0.229 e. The molecule has 1 N–H and O–H groups in total. The second-order valence-corrected chi connectivity index (χ2v) is 7.56. The molecule has 6 heteroatoms. The van der Waals surface area contributed by atoms with E-state index in [-0.39, 0.29) is 24.2 Å². The van der Waals surface area contributed by atoms with Gasteiger partial charge in [-0.3, -0.25) is 9.59 Å². The molecule has 28 heavy (non-hydrogen) atoms. The monoisotopic (exact) mass is 377 g/mol. The van der Waals surface area contributed by atoms with Crippen LogP contribution in [0.15, 0.2) is 46.9 Å². The van der Waals surface area contributed by atoms with Crippen molar-refractivity contribution < 1.29 is 14.0 Å². The number of benzene rings is 2. The molecule has 0 saturated carbocycles. The van der Waals surface area contributed by atoms with E-state index in [1.807, 2.05) is 42.5 Å². The van der Waals surface area contributed by atoms with Crippen molar-refractivity contribution >= 4 is 34.3 Å². The first-order chi connectivity index (χ1) is 13.4. The van der Waals surface area contributed by atoms with Crippen LogP contribution >= 0.6 is 0 Å². The second-order valence-electron chi connectivity index (χ2n) is 7.56. The summed E-state index contributed by atoms with van der Waals surface area (Å²) in [6.45, 7) is 6.40. The Morgan fingerprint density at radius 2 is 1.96 bits per heavy atom. The van der Waals surface area contributed by atoms with Crippen molar-refractivity contribution in [3.05, 3.63) is 53.9 Å². The van der Waals surface area contributed by atoms with Crippen molar-refractivity contribution in [2.24, 2.45) is 5.92 Å². The lowest BCUT2D eigenvalue weighted by Crippen LogP contribution is -2.28. The molecule has 1 aromatic heterocycles. The highest BCUT2D eigenvalue weighted by atomic mass is 16.3. The third-order valence-electron chi connectivity index (χ3n) is 5.13. The van der Waals surface area contributed by atoms with E-state index in [9.17, 15) is 9.59 Å². The molecule has 3 aromatic rings. The number of carbonyl (C=O) groups excluding carboxylic acids is 2. The molecule has 2 aromatic carbocycles. The van der Waals surface area contributed by atoms with E-state index in [2.05, 4.69) is 24.1 Å². The topological polar surface area (TPSA) is 75.4 Å². The highest BCUT2D eigenvalue weighted by molar-refractivity contribution is 6.04. The van der Waals surface area contributed by atoms with Crippen molar-refractivity contribution in [3.63, 3.8) is 0 Å². The predicted molar refractivity (Wildman–Crippen MR) is 108 cm³/mol. The van der Waals surface area contributed by atoms with Gasteiger partial charge in [0.25, 0.3) is 0 Å². The zero-order valence-corrected chi connectivity index (χ0v) is 16.2. The number of carbonyl (C=O) groups is 2. The van der Waals surface area contributed by atoms with Crippen LogP contribution in [0.25, 0.3) is 11.1 Å². The maximum absolute atomic E-state index is 12.7. The Balaban J connectivity index is 1.46. The number of anilines is 2. The molecule has 1 saturated heterocycles. The summed E-state index contributed by atoms with van der Waals surface area (Å²) in [7, 11) is 0. The lowest BCUT2D eigenvalue weighted by Gasteiger charge is -2.16. The van der Waals surface area contributed by atoms with E-state index in [0.717, 1.165) is 11.4 Å². The largest absolute Gasteiger partial charge is 0.441 e. The molecule has 1 aliphatic heterocycles. The van der Waals surface area contributed by atoms with Crippen LogP contribution in [0.3, 0.4) is 0 Å². The molecule has 0 bridgehead atoms. The Labute approximate surface area is 163 Å². The lowest BCUT2D eigenvalue weighted by atomic mass is 10.0. The third-order valence-corrected chi connectivity index (χ3v) is 5.13. The fraction of sp³-hybridized carbons (Fsp3) is 0.318. The van der Waals surface area contributed by atoms with Crippen molar-refractivity contribution in [3.8, 4) is 0 Å². The van der Waals surface area contributed by atoms with Crippen LogP contribution in [0, 0.1) is 12.8 Å². The fourth-order valence-corrected chi connectivity index (χ4v) is 3.53. The predicted octanol–water partition coefficient (Wildman–Crippen LogP) is 4.25. The average molecular weight is 377 g/mol. The number of oxazole rings is 1. The molecule has 1 aliphatic rings. The molecule has 2 amide bonds. The first-order valence-corrected chi connectivity index (χ1v) is 9.49. The number of amides is 2. The molecule has 1 fully saturated rings. The van der Waals surface area contributed by atoms with Gasteiger partial charge in [0, 0.05) is 31.3 Å². The first kappa shape index (κ1) is 18.2. The van der Waals surface area contributed by atoms with Gasteiger partial charge in [-0.2, -0.15) is 0 Å². The Hall–Kier alpha value is -3.15. The van der Waals surface area contributed by atoms with Gasteiger partial charge in [-0.15, -0.1) is 0 Å². The SMILES string of the molecule is Cc1nc2cc(N3C[C@H](C(=O)Nc4ccc(C(C)C)cc4)CC3=O)ccc2o1. The Morgan fingerprint density at radius 1 is 1.21 bits per heavy atom. The lowest BCUT2D eigenvalue weighted by molar-refractivity contribution is -0.122. The number of nitrogens with one attached hydrogen (secondary N) is 1. The molecule has 144 valence electrons. The summed E-state index contributed by atoms with van der Waals surface area (Å²) in [4.78, 5) is 31.1. The Bertz CT molecular complexity index is 1040. The van der Waals surface area contributed by atoms with Crippen LogP contribution < -0.4 is 10.2 Å². The van der Waals surface area contributed by atoms with Crippen LogP contribution in [0.4, 0.5) is 11.4 Å². The molecule has 0 spiro atoms. The standard InChI is InChI=1S/C22H23N3O3/c1-13(2)15-4-6-17(7-5-15)24-22(27)16-10-21(26)25(12-16)18-8-9-20-19(11-18)23-14(3)28-20/h4-9,11,13,16H,10,12H2,1-3H3,(H,24,27)/t16-/m1/s1. The number of rotatable bonds is 4. The Kier molecular flexibility index (Phi) is 4.63. The van der Waals surface area contributed by atoms with Gasteiger partial charge in [0.15, 0.2) is 11.5 Å². The van der Waals surface area contributed by atoms with Crippen LogP contribution in [0.2, 0.25) is 0 Å². The van der Waals surface area contributed by atoms with E-state index in [1.165, 1.54) is 5.56 Å². The van der Waals surface area contributed by atoms with Gasteiger partial charge >= 0.3 is 0 Å². The van der Waals surface area contributed by atoms with E-state index < -0.39 is 0 Å². The minimum atomic E-state index is -0.382. The van der Waals surface area contributed by atoms with Crippen molar-refractivity contribution in [1.82, 2.24) is 4.98 Å². The van der Waals surface area contributed by atoms with Crippen molar-refractivity contribution in [2.75, 3.05) is 16.8 Å². The van der Waals surface area contributed by atoms with E-state index in [4.69, 9.17) is 4.42 Å². The molecule has 0 unspecified atom stereocenters. The molecule has 2 heterocycles. The van der Waals surface area contributed by atoms with E-state index in [0.29, 0.717) is 29.5 Å². The maximum atomic E-state index is 12.7. The van der Waals surface area contributed by atoms with Crippen LogP contribution in [0.5, 0.6) is 0 Å². The quantitative estimate of drug-likeness (QED) is 0.737. The summed E-state index contributed by atoms with van der Waals surface area (Å²) in [5.74, 6) is 0.450. The van der Waals surface area contributed by atoms with Gasteiger partial charge in [-0.25, -0.2) is 4.98 Å². The van der Waals surface area contributed by atoms with Gasteiger partial charge in [0.1, 0.15) is 5.52 Å². The maximum Gasteiger partial charge on any atom is 0.229 e. The molecule has 4 rings (SSSR count). The zero-order valence-electron chi connectivity index (χ0n) is 16.2. The van der Waals surface area contributed by atoms with E-state index >= 15 is 0 Å². The van der Waals surface area contributed by atoms with Crippen LogP contribution in [-0.2, 0) is 9.59 Å². The van der Waals surface area contributed by atoms with Gasteiger partial charge in [0.2, 0.25) is 11.8 Å². The molecular weight excluding hydrogens is 354 g/mol. The molecule has 1 atom stereocenters. The average Bonchev–Trinajstić information content (AvgIpc) is 3.23. The number of hydrogen-bond acceptors (Lipinski definition) is 4. The second kappa shape index (κ2) is 7.11. The molecule has 6 nitrogen and oxygen atoms in total. The number of aromatic nitrogens is 1. The number of aryl methyl sites for hydroxylation is 1. The number of fused-ring (bicyclic) bond motifs is 1. The molecule has 0 radical (unpaired) electrons. The van der Waals surface area contributed by atoms with Crippen molar-refractivity contribution in [1.29, 1.82) is 0 Å². The summed E-state index contributed by atoms with van der Waals surface area (Å²) in [6.07, 6.45) is 0.200. The van der Waals surface area contributed by atoms with Crippen LogP contribution in [0.1, 0.15) is 37.6 Å². The Morgan fingerprint density at radius 3 is 2.68 bits per heavy atom. The minimum Gasteiger partial charge on any atom is -0.441 e. The molecular formula is C22H23N3O3. The van der Waals surface area contributed by atoms with Crippen LogP contribution in [-0.4, -0.2) is 23.3 Å². The van der Waals surface area contributed by atoms with E-state index in [1.54, 1.807) is 11.8 Å². The fourth-order valence-electron chi connectivity index (χ4n) is 3.53. The highest BCUT2D eigenvalue weighted by Crippen LogP contribution is 2.29. The third kappa shape index (κ3) is 3.50. The normalized spacial score (nSPS) is 16.9. The summed E-state index contributed by atoms with van der Waals surface area (Å²) >= 11 is 0. The molecule has 0 aliphatic carbocycles. The summed E-state index contributed by atoms with van der Waals surface area (Å²) in [5.41, 5.74) is 4.11. The summed E-state index contributed by atoms with van der Waals surface area (Å²) in [5, 5.41) is 2.93. The minimum absolute atomic E-state index is 0.0603. The summed E-state index contributed by atoms with van der Waals surface area (Å²) in [6, 6.07) is 13.3. The number of hydrogen-bond donors (Lipinski definition) is 1. The zero-order chi connectivity index (χ0) is 19.8.